The Bertz CT molecular complexity index is 435. The minimum atomic E-state index is 0.567. The number of hydrogen-bond donors (Lipinski definition) is 1. The maximum atomic E-state index is 5.65. The molecule has 0 spiro atoms. The Labute approximate surface area is 87.7 Å². The predicted molar refractivity (Wildman–Crippen MR) is 56.2 cm³/mol. The maximum Gasteiger partial charge on any atom is 0.148 e. The molecule has 2 rings (SSSR count). The molecule has 2 heterocycles. The summed E-state index contributed by atoms with van der Waals surface area (Å²) >= 11 is 0. The van der Waals surface area contributed by atoms with Gasteiger partial charge in [0.05, 0.1) is 12.7 Å². The van der Waals surface area contributed by atoms with Crippen LogP contribution in [0.15, 0.2) is 12.4 Å². The average Bonchev–Trinajstić information content (AvgIpc) is 2.76. The van der Waals surface area contributed by atoms with Gasteiger partial charge in [-0.1, -0.05) is 5.21 Å². The van der Waals surface area contributed by atoms with Gasteiger partial charge in [-0.2, -0.15) is 5.10 Å². The van der Waals surface area contributed by atoms with Crippen LogP contribution in [0.3, 0.4) is 0 Å². The third-order valence-corrected chi connectivity index (χ3v) is 2.22. The Kier molecular flexibility index (Phi) is 2.40. The van der Waals surface area contributed by atoms with Gasteiger partial charge in [0, 0.05) is 18.3 Å². The van der Waals surface area contributed by atoms with Crippen molar-refractivity contribution in [1.82, 2.24) is 24.8 Å². The van der Waals surface area contributed by atoms with Gasteiger partial charge in [0.25, 0.3) is 0 Å². The Morgan fingerprint density at radius 2 is 2.13 bits per heavy atom. The summed E-state index contributed by atoms with van der Waals surface area (Å²) in [5.41, 5.74) is 7.52. The molecular formula is C9H14N6. The highest BCUT2D eigenvalue weighted by atomic mass is 15.4. The summed E-state index contributed by atoms with van der Waals surface area (Å²) in [6.45, 7) is 5.39. The van der Waals surface area contributed by atoms with E-state index in [-0.39, 0.29) is 0 Å². The molecule has 0 saturated heterocycles. The zero-order valence-electron chi connectivity index (χ0n) is 8.88. The third kappa shape index (κ3) is 1.98. The Morgan fingerprint density at radius 1 is 1.33 bits per heavy atom. The Balaban J connectivity index is 2.14. The second kappa shape index (κ2) is 3.72. The predicted octanol–water partition coefficient (Wildman–Crippen LogP) is 0.433. The van der Waals surface area contributed by atoms with E-state index in [2.05, 4.69) is 15.4 Å². The van der Waals surface area contributed by atoms with Gasteiger partial charge in [0.1, 0.15) is 11.5 Å². The molecule has 2 N–H and O–H groups in total. The minimum Gasteiger partial charge on any atom is -0.382 e. The van der Waals surface area contributed by atoms with Gasteiger partial charge >= 0.3 is 0 Å². The molecule has 0 amide bonds. The van der Waals surface area contributed by atoms with Crippen LogP contribution < -0.4 is 5.73 Å². The number of nitrogens with two attached hydrogens (primary N) is 1. The Hall–Kier alpha value is -1.85. The highest BCUT2D eigenvalue weighted by molar-refractivity contribution is 5.35. The average molecular weight is 206 g/mol. The van der Waals surface area contributed by atoms with Crippen molar-refractivity contribution < 1.29 is 0 Å². The summed E-state index contributed by atoms with van der Waals surface area (Å²) in [6.07, 6.45) is 3.81. The van der Waals surface area contributed by atoms with Crippen molar-refractivity contribution in [2.24, 2.45) is 0 Å². The van der Waals surface area contributed by atoms with Crippen molar-refractivity contribution in [2.75, 3.05) is 5.73 Å². The van der Waals surface area contributed by atoms with Gasteiger partial charge in [-0.15, -0.1) is 5.10 Å². The van der Waals surface area contributed by atoms with Crippen LogP contribution in [-0.2, 0) is 13.1 Å². The largest absolute Gasteiger partial charge is 0.382 e. The first-order valence-electron chi connectivity index (χ1n) is 4.87. The van der Waals surface area contributed by atoms with Crippen molar-refractivity contribution in [3.63, 3.8) is 0 Å². The number of nitrogen functional groups attached to an aromatic ring is 1. The molecular weight excluding hydrogens is 192 g/mol. The fourth-order valence-electron chi connectivity index (χ4n) is 1.35. The smallest absolute Gasteiger partial charge is 0.148 e. The fourth-order valence-corrected chi connectivity index (χ4v) is 1.35. The molecule has 80 valence electrons. The van der Waals surface area contributed by atoms with Gasteiger partial charge in [-0.3, -0.25) is 9.36 Å². The van der Waals surface area contributed by atoms with E-state index in [0.717, 1.165) is 17.8 Å². The van der Waals surface area contributed by atoms with E-state index >= 15 is 0 Å². The second-order valence-corrected chi connectivity index (χ2v) is 3.46. The highest BCUT2D eigenvalue weighted by Gasteiger charge is 2.04. The van der Waals surface area contributed by atoms with Gasteiger partial charge in [0.15, 0.2) is 0 Å². The summed E-state index contributed by atoms with van der Waals surface area (Å²) in [7, 11) is 0. The molecule has 2 aromatic heterocycles. The van der Waals surface area contributed by atoms with Gasteiger partial charge < -0.3 is 5.73 Å². The van der Waals surface area contributed by atoms with E-state index in [0.29, 0.717) is 12.4 Å². The van der Waals surface area contributed by atoms with E-state index in [1.807, 2.05) is 26.2 Å². The topological polar surface area (TPSA) is 74.5 Å². The molecule has 0 bridgehead atoms. The molecule has 6 heteroatoms. The monoisotopic (exact) mass is 206 g/mol. The van der Waals surface area contributed by atoms with Crippen molar-refractivity contribution in [1.29, 1.82) is 0 Å². The summed E-state index contributed by atoms with van der Waals surface area (Å²) in [5, 5.41) is 12.1. The lowest BCUT2D eigenvalue weighted by Crippen LogP contribution is -2.01. The molecule has 0 aliphatic rings. The molecule has 0 aliphatic carbocycles. The molecule has 15 heavy (non-hydrogen) atoms. The van der Waals surface area contributed by atoms with Crippen molar-refractivity contribution in [2.45, 2.75) is 26.9 Å². The minimum absolute atomic E-state index is 0.567. The summed E-state index contributed by atoms with van der Waals surface area (Å²) in [6, 6.07) is 0. The van der Waals surface area contributed by atoms with E-state index in [1.54, 1.807) is 9.36 Å². The van der Waals surface area contributed by atoms with Crippen LogP contribution in [0.2, 0.25) is 0 Å². The third-order valence-electron chi connectivity index (χ3n) is 2.22. The van der Waals surface area contributed by atoms with Gasteiger partial charge in [-0.25, -0.2) is 0 Å². The normalized spacial score (nSPS) is 10.8. The molecule has 0 saturated carbocycles. The van der Waals surface area contributed by atoms with Gasteiger partial charge in [0.2, 0.25) is 0 Å². The van der Waals surface area contributed by atoms with Crippen LogP contribution in [-0.4, -0.2) is 24.8 Å². The lowest BCUT2D eigenvalue weighted by Gasteiger charge is -1.95. The van der Waals surface area contributed by atoms with E-state index in [1.165, 1.54) is 0 Å². The number of aryl methyl sites for hydroxylation is 2. The van der Waals surface area contributed by atoms with Crippen LogP contribution in [0.5, 0.6) is 0 Å². The number of hydrogen-bond acceptors (Lipinski definition) is 4. The van der Waals surface area contributed by atoms with Crippen LogP contribution in [0, 0.1) is 6.92 Å². The number of rotatable bonds is 3. The number of aromatic nitrogens is 5. The lowest BCUT2D eigenvalue weighted by molar-refractivity contribution is 0.625. The molecule has 0 radical (unpaired) electrons. The number of anilines is 1. The van der Waals surface area contributed by atoms with E-state index in [4.69, 9.17) is 5.73 Å². The van der Waals surface area contributed by atoms with Crippen LogP contribution >= 0.6 is 0 Å². The standard InChI is InChI=1S/C9H14N6/c1-3-14-5-8(11-13-14)6-15-4-7(2)9(10)12-15/h4-5H,3,6H2,1-2H3,(H2,10,12). The second-order valence-electron chi connectivity index (χ2n) is 3.46. The zero-order valence-corrected chi connectivity index (χ0v) is 8.88. The fraction of sp³-hybridized carbons (Fsp3) is 0.444. The van der Waals surface area contributed by atoms with Gasteiger partial charge in [-0.05, 0) is 13.8 Å². The van der Waals surface area contributed by atoms with Crippen LogP contribution in [0.1, 0.15) is 18.2 Å². The van der Waals surface area contributed by atoms with E-state index in [9.17, 15) is 0 Å². The zero-order chi connectivity index (χ0) is 10.8. The molecule has 0 aromatic carbocycles. The first kappa shape index (κ1) is 9.70. The molecule has 2 aromatic rings. The number of nitrogens with zero attached hydrogens (tertiary/aromatic N) is 5. The quantitative estimate of drug-likeness (QED) is 0.790. The van der Waals surface area contributed by atoms with Crippen LogP contribution in [0.25, 0.3) is 0 Å². The first-order chi connectivity index (χ1) is 7.19. The maximum absolute atomic E-state index is 5.65. The summed E-state index contributed by atoms with van der Waals surface area (Å²) < 4.78 is 3.56. The van der Waals surface area contributed by atoms with E-state index < -0.39 is 0 Å². The molecule has 0 aliphatic heterocycles. The SMILES string of the molecule is CCn1cc(Cn2cc(C)c(N)n2)nn1. The van der Waals surface area contributed by atoms with Crippen LogP contribution in [0.4, 0.5) is 5.82 Å². The van der Waals surface area contributed by atoms with Crippen molar-refractivity contribution in [3.8, 4) is 0 Å². The molecule has 0 unspecified atom stereocenters. The lowest BCUT2D eigenvalue weighted by atomic mass is 10.4. The first-order valence-corrected chi connectivity index (χ1v) is 4.87. The van der Waals surface area contributed by atoms with Crippen molar-refractivity contribution >= 4 is 5.82 Å². The molecule has 0 atom stereocenters. The Morgan fingerprint density at radius 3 is 2.67 bits per heavy atom. The summed E-state index contributed by atoms with van der Waals surface area (Å²) in [4.78, 5) is 0. The molecule has 6 nitrogen and oxygen atoms in total. The van der Waals surface area contributed by atoms with Crippen molar-refractivity contribution in [3.05, 3.63) is 23.7 Å². The molecule has 0 fully saturated rings. The highest BCUT2D eigenvalue weighted by Crippen LogP contribution is 2.07. The summed E-state index contributed by atoms with van der Waals surface area (Å²) in [5.74, 6) is 0.567.